The molecule has 0 aromatic carbocycles. The molecule has 0 bridgehead atoms. The lowest BCUT2D eigenvalue weighted by atomic mass is 10.1. The standard InChI is InChI=1S/C15H21N5O2/c1-9-5-20(13-11(9)12(16)17-8-18-13)10-6-19(7-10)14(21)22-15(2,3)4/h5,8,10H,6-7H2,1-4H3,(H2,16,17,18). The summed E-state index contributed by atoms with van der Waals surface area (Å²) < 4.78 is 7.44. The minimum atomic E-state index is -0.472. The van der Waals surface area contributed by atoms with E-state index in [-0.39, 0.29) is 12.1 Å². The number of nitrogens with zero attached hydrogens (tertiary/aromatic N) is 4. The van der Waals surface area contributed by atoms with Gasteiger partial charge in [0.1, 0.15) is 23.4 Å². The largest absolute Gasteiger partial charge is 0.444 e. The van der Waals surface area contributed by atoms with E-state index in [4.69, 9.17) is 10.5 Å². The first-order valence-corrected chi connectivity index (χ1v) is 7.32. The molecule has 1 saturated heterocycles. The van der Waals surface area contributed by atoms with Gasteiger partial charge in [-0.2, -0.15) is 0 Å². The molecule has 2 aromatic rings. The Bertz CT molecular complexity index is 725. The molecular weight excluding hydrogens is 282 g/mol. The maximum atomic E-state index is 12.0. The van der Waals surface area contributed by atoms with E-state index in [9.17, 15) is 4.79 Å². The predicted molar refractivity (Wildman–Crippen MR) is 83.5 cm³/mol. The molecule has 0 radical (unpaired) electrons. The number of ether oxygens (including phenoxy) is 1. The number of carbonyl (C=O) groups is 1. The molecule has 3 heterocycles. The zero-order valence-corrected chi connectivity index (χ0v) is 13.3. The van der Waals surface area contributed by atoms with Crippen LogP contribution in [-0.2, 0) is 4.74 Å². The SMILES string of the molecule is Cc1cn(C2CN(C(=O)OC(C)(C)C)C2)c2ncnc(N)c12. The van der Waals surface area contributed by atoms with Crippen molar-refractivity contribution in [3.63, 3.8) is 0 Å². The third-order valence-electron chi connectivity index (χ3n) is 3.74. The number of aryl methyl sites for hydroxylation is 1. The van der Waals surface area contributed by atoms with Crippen LogP contribution in [0.4, 0.5) is 10.6 Å². The van der Waals surface area contributed by atoms with Crippen molar-refractivity contribution < 1.29 is 9.53 Å². The molecule has 0 atom stereocenters. The first-order valence-electron chi connectivity index (χ1n) is 7.32. The van der Waals surface area contributed by atoms with Gasteiger partial charge in [0, 0.05) is 19.3 Å². The lowest BCUT2D eigenvalue weighted by Crippen LogP contribution is -2.52. The van der Waals surface area contributed by atoms with Gasteiger partial charge in [-0.15, -0.1) is 0 Å². The molecule has 2 N–H and O–H groups in total. The highest BCUT2D eigenvalue weighted by Gasteiger charge is 2.35. The van der Waals surface area contributed by atoms with Crippen LogP contribution in [0.15, 0.2) is 12.5 Å². The number of likely N-dealkylation sites (tertiary alicyclic amines) is 1. The summed E-state index contributed by atoms with van der Waals surface area (Å²) in [5.74, 6) is 0.490. The Morgan fingerprint density at radius 3 is 2.68 bits per heavy atom. The van der Waals surface area contributed by atoms with Gasteiger partial charge in [-0.3, -0.25) is 0 Å². The van der Waals surface area contributed by atoms with E-state index in [0.717, 1.165) is 16.6 Å². The smallest absolute Gasteiger partial charge is 0.410 e. The molecule has 1 aliphatic rings. The average Bonchev–Trinajstić information content (AvgIpc) is 2.64. The summed E-state index contributed by atoms with van der Waals surface area (Å²) in [5.41, 5.74) is 7.32. The van der Waals surface area contributed by atoms with Crippen LogP contribution in [0.5, 0.6) is 0 Å². The van der Waals surface area contributed by atoms with Crippen molar-refractivity contribution in [2.24, 2.45) is 0 Å². The number of aromatic nitrogens is 3. The highest BCUT2D eigenvalue weighted by atomic mass is 16.6. The fourth-order valence-corrected chi connectivity index (χ4v) is 2.68. The first kappa shape index (κ1) is 14.6. The maximum absolute atomic E-state index is 12.0. The van der Waals surface area contributed by atoms with Crippen molar-refractivity contribution in [1.29, 1.82) is 0 Å². The lowest BCUT2D eigenvalue weighted by Gasteiger charge is -2.40. The molecule has 2 aromatic heterocycles. The highest BCUT2D eigenvalue weighted by Crippen LogP contribution is 2.30. The highest BCUT2D eigenvalue weighted by molar-refractivity contribution is 5.89. The van der Waals surface area contributed by atoms with Crippen molar-refractivity contribution >= 4 is 22.9 Å². The Kier molecular flexibility index (Phi) is 3.23. The fourth-order valence-electron chi connectivity index (χ4n) is 2.68. The van der Waals surface area contributed by atoms with Crippen molar-refractivity contribution in [2.75, 3.05) is 18.8 Å². The Labute approximate surface area is 129 Å². The predicted octanol–water partition coefficient (Wildman–Crippen LogP) is 2.11. The van der Waals surface area contributed by atoms with Crippen LogP contribution in [0.1, 0.15) is 32.4 Å². The number of hydrogen-bond donors (Lipinski definition) is 1. The minimum Gasteiger partial charge on any atom is -0.444 e. The molecule has 0 aliphatic carbocycles. The summed E-state index contributed by atoms with van der Waals surface area (Å²) in [5, 5.41) is 0.887. The summed E-state index contributed by atoms with van der Waals surface area (Å²) in [6, 6.07) is 0.193. The van der Waals surface area contributed by atoms with Gasteiger partial charge in [-0.1, -0.05) is 0 Å². The van der Waals surface area contributed by atoms with E-state index in [1.807, 2.05) is 33.9 Å². The molecule has 1 amide bonds. The monoisotopic (exact) mass is 303 g/mol. The minimum absolute atomic E-state index is 0.193. The van der Waals surface area contributed by atoms with E-state index in [0.29, 0.717) is 18.9 Å². The molecule has 118 valence electrons. The van der Waals surface area contributed by atoms with Gasteiger partial charge >= 0.3 is 6.09 Å². The number of nitrogen functional groups attached to an aromatic ring is 1. The van der Waals surface area contributed by atoms with Gasteiger partial charge in [0.15, 0.2) is 0 Å². The normalized spacial score (nSPS) is 15.9. The quantitative estimate of drug-likeness (QED) is 0.872. The lowest BCUT2D eigenvalue weighted by molar-refractivity contribution is 0.00151. The van der Waals surface area contributed by atoms with E-state index < -0.39 is 5.60 Å². The zero-order valence-electron chi connectivity index (χ0n) is 13.3. The Balaban J connectivity index is 1.76. The zero-order chi connectivity index (χ0) is 16.1. The van der Waals surface area contributed by atoms with E-state index in [1.165, 1.54) is 6.33 Å². The fraction of sp³-hybridized carbons (Fsp3) is 0.533. The van der Waals surface area contributed by atoms with Gasteiger partial charge in [-0.25, -0.2) is 14.8 Å². The van der Waals surface area contributed by atoms with Gasteiger partial charge in [0.05, 0.1) is 11.4 Å². The molecule has 0 saturated carbocycles. The molecule has 3 rings (SSSR count). The molecule has 7 heteroatoms. The Hall–Kier alpha value is -2.31. The van der Waals surface area contributed by atoms with Crippen LogP contribution in [0, 0.1) is 6.92 Å². The Morgan fingerprint density at radius 2 is 2.05 bits per heavy atom. The van der Waals surface area contributed by atoms with Gasteiger partial charge in [0.25, 0.3) is 0 Å². The molecule has 1 aliphatic heterocycles. The Morgan fingerprint density at radius 1 is 1.36 bits per heavy atom. The molecular formula is C15H21N5O2. The summed E-state index contributed by atoms with van der Waals surface area (Å²) in [6.45, 7) is 8.81. The van der Waals surface area contributed by atoms with Gasteiger partial charge in [0.2, 0.25) is 0 Å². The summed E-state index contributed by atoms with van der Waals surface area (Å²) >= 11 is 0. The number of hydrogen-bond acceptors (Lipinski definition) is 5. The number of amides is 1. The molecule has 22 heavy (non-hydrogen) atoms. The van der Waals surface area contributed by atoms with Crippen LogP contribution in [0.25, 0.3) is 11.0 Å². The van der Waals surface area contributed by atoms with Gasteiger partial charge < -0.3 is 19.9 Å². The first-order chi connectivity index (χ1) is 10.3. The van der Waals surface area contributed by atoms with E-state index >= 15 is 0 Å². The van der Waals surface area contributed by atoms with Crippen LogP contribution in [0.2, 0.25) is 0 Å². The molecule has 0 spiro atoms. The summed E-state index contributed by atoms with van der Waals surface area (Å²) in [6.07, 6.45) is 3.22. The van der Waals surface area contributed by atoms with Crippen molar-refractivity contribution in [3.8, 4) is 0 Å². The summed E-state index contributed by atoms with van der Waals surface area (Å²) in [4.78, 5) is 22.1. The van der Waals surface area contributed by atoms with Crippen LogP contribution < -0.4 is 5.73 Å². The van der Waals surface area contributed by atoms with E-state index in [1.54, 1.807) is 4.90 Å². The van der Waals surface area contributed by atoms with Crippen LogP contribution in [-0.4, -0.2) is 44.2 Å². The third kappa shape index (κ3) is 2.47. The van der Waals surface area contributed by atoms with Crippen LogP contribution >= 0.6 is 0 Å². The number of fused-ring (bicyclic) bond motifs is 1. The number of carbonyl (C=O) groups excluding carboxylic acids is 1. The van der Waals surface area contributed by atoms with Crippen LogP contribution in [0.3, 0.4) is 0 Å². The second-order valence-electron chi connectivity index (χ2n) is 6.72. The topological polar surface area (TPSA) is 86.3 Å². The number of anilines is 1. The molecule has 7 nitrogen and oxygen atoms in total. The van der Waals surface area contributed by atoms with Crippen molar-refractivity contribution in [2.45, 2.75) is 39.3 Å². The van der Waals surface area contributed by atoms with Crippen molar-refractivity contribution in [3.05, 3.63) is 18.1 Å². The second-order valence-corrected chi connectivity index (χ2v) is 6.72. The number of nitrogens with two attached hydrogens (primary N) is 1. The summed E-state index contributed by atoms with van der Waals surface area (Å²) in [7, 11) is 0. The van der Waals surface area contributed by atoms with E-state index in [2.05, 4.69) is 14.5 Å². The van der Waals surface area contributed by atoms with Crippen molar-refractivity contribution in [1.82, 2.24) is 19.4 Å². The number of rotatable bonds is 1. The van der Waals surface area contributed by atoms with Gasteiger partial charge in [-0.05, 0) is 33.3 Å². The molecule has 1 fully saturated rings. The average molecular weight is 303 g/mol. The maximum Gasteiger partial charge on any atom is 0.410 e. The molecule has 0 unspecified atom stereocenters. The second kappa shape index (κ2) is 4.86. The third-order valence-corrected chi connectivity index (χ3v) is 3.74.